The number of anilines is 1. The molecule has 0 amide bonds. The molecule has 0 aliphatic rings. The Kier molecular flexibility index (Phi) is 1.85. The summed E-state index contributed by atoms with van der Waals surface area (Å²) in [5, 5.41) is 8.80. The molecule has 0 aliphatic heterocycles. The monoisotopic (exact) mass is 141 g/mol. The van der Waals surface area contributed by atoms with Crippen LogP contribution >= 0.6 is 12.8 Å². The lowest BCUT2D eigenvalue weighted by Crippen LogP contribution is -1.76. The van der Waals surface area contributed by atoms with Gasteiger partial charge < -0.3 is 9.83 Å². The normalized spacial score (nSPS) is 9.00. The topological polar surface area (TPSA) is 32.3 Å². The third-order valence-corrected chi connectivity index (χ3v) is 1.25. The minimum absolute atomic E-state index is 0.266. The van der Waals surface area contributed by atoms with Crippen molar-refractivity contribution in [1.29, 1.82) is 0 Å². The first-order valence-electron chi connectivity index (χ1n) is 2.52. The highest BCUT2D eigenvalue weighted by molar-refractivity contribution is 7.81. The van der Waals surface area contributed by atoms with E-state index in [0.717, 1.165) is 5.69 Å². The first kappa shape index (κ1) is 6.29. The molecule has 0 unspecified atom stereocenters. The van der Waals surface area contributed by atoms with E-state index < -0.39 is 0 Å². The second-order valence-electron chi connectivity index (χ2n) is 1.66. The molecule has 0 fully saturated rings. The van der Waals surface area contributed by atoms with E-state index in [2.05, 4.69) is 17.5 Å². The average Bonchev–Trinajstić information content (AvgIpc) is 1.90. The molecule has 0 aromatic heterocycles. The molecule has 2 nitrogen and oxygen atoms in total. The molecule has 9 heavy (non-hydrogen) atoms. The van der Waals surface area contributed by atoms with Gasteiger partial charge in [-0.2, -0.15) is 0 Å². The van der Waals surface area contributed by atoms with Crippen molar-refractivity contribution in [3.05, 3.63) is 24.3 Å². The molecular formula is C6H7NOS. The van der Waals surface area contributed by atoms with Crippen molar-refractivity contribution in [2.24, 2.45) is 0 Å². The van der Waals surface area contributed by atoms with Crippen LogP contribution in [0.15, 0.2) is 24.3 Å². The maximum atomic E-state index is 8.80. The summed E-state index contributed by atoms with van der Waals surface area (Å²) in [5.74, 6) is 0.266. The molecule has 0 saturated heterocycles. The smallest absolute Gasteiger partial charge is 0.115 e. The fraction of sp³-hybridized carbons (Fsp3) is 0. The highest BCUT2D eigenvalue weighted by Crippen LogP contribution is 2.13. The number of nitrogens with one attached hydrogen (secondary N) is 1. The van der Waals surface area contributed by atoms with Gasteiger partial charge in [-0.05, 0) is 24.3 Å². The number of hydrogen-bond acceptors (Lipinski definition) is 3. The van der Waals surface area contributed by atoms with Crippen molar-refractivity contribution in [1.82, 2.24) is 0 Å². The summed E-state index contributed by atoms with van der Waals surface area (Å²) in [4.78, 5) is 0. The van der Waals surface area contributed by atoms with E-state index >= 15 is 0 Å². The number of rotatable bonds is 1. The number of phenols is 1. The molecule has 0 bridgehead atoms. The van der Waals surface area contributed by atoms with Crippen LogP contribution in [-0.4, -0.2) is 5.11 Å². The zero-order valence-corrected chi connectivity index (χ0v) is 5.60. The number of benzene rings is 1. The lowest BCUT2D eigenvalue weighted by Gasteiger charge is -1.95. The summed E-state index contributed by atoms with van der Waals surface area (Å²) in [5.41, 5.74) is 0.871. The van der Waals surface area contributed by atoms with Crippen molar-refractivity contribution in [2.75, 3.05) is 4.72 Å². The van der Waals surface area contributed by atoms with Gasteiger partial charge in [-0.1, -0.05) is 12.8 Å². The molecule has 0 saturated carbocycles. The average molecular weight is 141 g/mol. The van der Waals surface area contributed by atoms with Gasteiger partial charge in [-0.25, -0.2) is 0 Å². The lowest BCUT2D eigenvalue weighted by molar-refractivity contribution is 0.475. The van der Waals surface area contributed by atoms with Gasteiger partial charge in [-0.3, -0.25) is 0 Å². The molecule has 0 atom stereocenters. The Hall–Kier alpha value is -0.830. The zero-order chi connectivity index (χ0) is 6.69. The molecule has 2 N–H and O–H groups in total. The molecule has 0 heterocycles. The predicted molar refractivity (Wildman–Crippen MR) is 40.7 cm³/mol. The number of thiol groups is 1. The van der Waals surface area contributed by atoms with Gasteiger partial charge in [-0.15, -0.1) is 0 Å². The Morgan fingerprint density at radius 2 is 1.78 bits per heavy atom. The Bertz CT molecular complexity index is 185. The van der Waals surface area contributed by atoms with Crippen molar-refractivity contribution in [3.8, 4) is 5.75 Å². The van der Waals surface area contributed by atoms with Gasteiger partial charge >= 0.3 is 0 Å². The Labute approximate surface area is 59.1 Å². The maximum Gasteiger partial charge on any atom is 0.115 e. The summed E-state index contributed by atoms with van der Waals surface area (Å²) in [6.45, 7) is 0. The summed E-state index contributed by atoms with van der Waals surface area (Å²) >= 11 is 3.81. The second kappa shape index (κ2) is 2.64. The van der Waals surface area contributed by atoms with Crippen molar-refractivity contribution >= 4 is 18.5 Å². The third kappa shape index (κ3) is 1.54. The quantitative estimate of drug-likeness (QED) is 0.410. The van der Waals surface area contributed by atoms with Crippen LogP contribution in [0.2, 0.25) is 0 Å². The fourth-order valence-corrected chi connectivity index (χ4v) is 0.685. The SMILES string of the molecule is Oc1ccc(NS)cc1. The van der Waals surface area contributed by atoms with Gasteiger partial charge in [0.25, 0.3) is 0 Å². The minimum Gasteiger partial charge on any atom is -0.508 e. The molecule has 1 rings (SSSR count). The predicted octanol–water partition coefficient (Wildman–Crippen LogP) is 1.65. The summed E-state index contributed by atoms with van der Waals surface area (Å²) in [6.07, 6.45) is 0. The van der Waals surface area contributed by atoms with Crippen molar-refractivity contribution < 1.29 is 5.11 Å². The first-order chi connectivity index (χ1) is 4.33. The second-order valence-corrected chi connectivity index (χ2v) is 1.88. The van der Waals surface area contributed by atoms with Crippen LogP contribution in [0.5, 0.6) is 5.75 Å². The van der Waals surface area contributed by atoms with Crippen molar-refractivity contribution in [2.45, 2.75) is 0 Å². The van der Waals surface area contributed by atoms with Gasteiger partial charge in [0.15, 0.2) is 0 Å². The molecule has 48 valence electrons. The van der Waals surface area contributed by atoms with Gasteiger partial charge in [0, 0.05) is 5.69 Å². The van der Waals surface area contributed by atoms with E-state index in [1.165, 1.54) is 0 Å². The van der Waals surface area contributed by atoms with E-state index in [0.29, 0.717) is 0 Å². The number of phenolic OH excluding ortho intramolecular Hbond substituents is 1. The van der Waals surface area contributed by atoms with Crippen LogP contribution in [0, 0.1) is 0 Å². The Morgan fingerprint density at radius 1 is 1.22 bits per heavy atom. The van der Waals surface area contributed by atoms with Crippen LogP contribution in [0.3, 0.4) is 0 Å². The third-order valence-electron chi connectivity index (χ3n) is 0.996. The van der Waals surface area contributed by atoms with Crippen LogP contribution in [0.25, 0.3) is 0 Å². The van der Waals surface area contributed by atoms with Crippen LogP contribution in [-0.2, 0) is 0 Å². The van der Waals surface area contributed by atoms with E-state index in [9.17, 15) is 0 Å². The molecule has 1 aromatic rings. The van der Waals surface area contributed by atoms with Crippen LogP contribution in [0.4, 0.5) is 5.69 Å². The van der Waals surface area contributed by atoms with E-state index in [-0.39, 0.29) is 5.75 Å². The van der Waals surface area contributed by atoms with Gasteiger partial charge in [0.1, 0.15) is 5.75 Å². The van der Waals surface area contributed by atoms with E-state index in [4.69, 9.17) is 5.11 Å². The maximum absolute atomic E-state index is 8.80. The fourth-order valence-electron chi connectivity index (χ4n) is 0.536. The molecule has 0 radical (unpaired) electrons. The summed E-state index contributed by atoms with van der Waals surface area (Å²) in [6, 6.07) is 6.67. The summed E-state index contributed by atoms with van der Waals surface area (Å²) in [7, 11) is 0. The largest absolute Gasteiger partial charge is 0.508 e. The van der Waals surface area contributed by atoms with Crippen molar-refractivity contribution in [3.63, 3.8) is 0 Å². The minimum atomic E-state index is 0.266. The first-order valence-corrected chi connectivity index (χ1v) is 2.97. The van der Waals surface area contributed by atoms with Gasteiger partial charge in [0.05, 0.1) is 0 Å². The van der Waals surface area contributed by atoms with Crippen LogP contribution in [0.1, 0.15) is 0 Å². The lowest BCUT2D eigenvalue weighted by atomic mass is 10.3. The summed E-state index contributed by atoms with van der Waals surface area (Å²) < 4.78 is 2.64. The Morgan fingerprint density at radius 3 is 2.22 bits per heavy atom. The van der Waals surface area contributed by atoms with Crippen LogP contribution < -0.4 is 4.72 Å². The number of hydrogen-bond donors (Lipinski definition) is 3. The Balaban J connectivity index is 2.88. The van der Waals surface area contributed by atoms with E-state index in [1.807, 2.05) is 0 Å². The molecule has 3 heteroatoms. The highest BCUT2D eigenvalue weighted by Gasteiger charge is 1.86. The van der Waals surface area contributed by atoms with E-state index in [1.54, 1.807) is 24.3 Å². The molecular weight excluding hydrogens is 134 g/mol. The highest BCUT2D eigenvalue weighted by atomic mass is 32.1. The molecule has 0 spiro atoms. The molecule has 1 aromatic carbocycles. The molecule has 0 aliphatic carbocycles. The zero-order valence-electron chi connectivity index (χ0n) is 4.70. The van der Waals surface area contributed by atoms with Gasteiger partial charge in [0.2, 0.25) is 0 Å². The standard InChI is InChI=1S/C6H7NOS/c8-6-3-1-5(7-9)2-4-6/h1-4,7-9H. The number of aromatic hydroxyl groups is 1.